The standard InChI is InChI=1S/C22H27N3O3/c1-28-21-9-7-19(15-24-21)22(27)25-12-10-18(11-13-25)14-17-4-2-16(3-5-17)6-8-20(23)26/h2-5,7,9,15,18H,6,8,10-14H2,1H3,(H2,23,26). The van der Waals surface area contributed by atoms with Crippen molar-refractivity contribution < 1.29 is 14.3 Å². The van der Waals surface area contributed by atoms with Gasteiger partial charge in [-0.25, -0.2) is 4.98 Å². The molecule has 0 aliphatic carbocycles. The maximum absolute atomic E-state index is 12.6. The van der Waals surface area contributed by atoms with E-state index in [-0.39, 0.29) is 11.8 Å². The molecule has 1 aromatic carbocycles. The second kappa shape index (κ2) is 9.35. The largest absolute Gasteiger partial charge is 0.481 e. The number of methoxy groups -OCH3 is 1. The number of hydrogen-bond donors (Lipinski definition) is 1. The number of hydrogen-bond acceptors (Lipinski definition) is 4. The number of nitrogens with two attached hydrogens (primary N) is 1. The van der Waals surface area contributed by atoms with Crippen molar-refractivity contribution in [1.29, 1.82) is 0 Å². The smallest absolute Gasteiger partial charge is 0.255 e. The molecule has 0 unspecified atom stereocenters. The summed E-state index contributed by atoms with van der Waals surface area (Å²) in [4.78, 5) is 29.5. The Balaban J connectivity index is 1.48. The average molecular weight is 381 g/mol. The van der Waals surface area contributed by atoms with E-state index in [1.54, 1.807) is 25.4 Å². The first kappa shape index (κ1) is 19.9. The lowest BCUT2D eigenvalue weighted by Gasteiger charge is -2.32. The predicted octanol–water partition coefficient (Wildman–Crippen LogP) is 2.60. The van der Waals surface area contributed by atoms with Crippen molar-refractivity contribution in [2.75, 3.05) is 20.2 Å². The Morgan fingerprint density at radius 1 is 1.11 bits per heavy atom. The van der Waals surface area contributed by atoms with Crippen LogP contribution in [0.1, 0.15) is 40.7 Å². The molecule has 2 N–H and O–H groups in total. The fraction of sp³-hybridized carbons (Fsp3) is 0.409. The molecule has 3 rings (SSSR count). The number of likely N-dealkylation sites (tertiary alicyclic amines) is 1. The fourth-order valence-corrected chi connectivity index (χ4v) is 3.59. The molecule has 0 radical (unpaired) electrons. The van der Waals surface area contributed by atoms with Crippen LogP contribution in [0.3, 0.4) is 0 Å². The summed E-state index contributed by atoms with van der Waals surface area (Å²) >= 11 is 0. The van der Waals surface area contributed by atoms with Gasteiger partial charge in [-0.2, -0.15) is 0 Å². The van der Waals surface area contributed by atoms with E-state index in [1.807, 2.05) is 4.90 Å². The highest BCUT2D eigenvalue weighted by Gasteiger charge is 2.24. The van der Waals surface area contributed by atoms with Crippen LogP contribution >= 0.6 is 0 Å². The number of aryl methyl sites for hydroxylation is 1. The van der Waals surface area contributed by atoms with Gasteiger partial charge in [-0.05, 0) is 48.8 Å². The highest BCUT2D eigenvalue weighted by molar-refractivity contribution is 5.94. The Labute approximate surface area is 165 Å². The highest BCUT2D eigenvalue weighted by atomic mass is 16.5. The molecule has 2 amide bonds. The Morgan fingerprint density at radius 3 is 2.36 bits per heavy atom. The van der Waals surface area contributed by atoms with Crippen molar-refractivity contribution in [2.24, 2.45) is 11.7 Å². The van der Waals surface area contributed by atoms with Crippen LogP contribution in [0.15, 0.2) is 42.6 Å². The minimum atomic E-state index is -0.268. The lowest BCUT2D eigenvalue weighted by Crippen LogP contribution is -2.38. The van der Waals surface area contributed by atoms with E-state index in [4.69, 9.17) is 10.5 Å². The number of nitrogens with zero attached hydrogens (tertiary/aromatic N) is 2. The van der Waals surface area contributed by atoms with Crippen molar-refractivity contribution in [3.63, 3.8) is 0 Å². The van der Waals surface area contributed by atoms with Crippen molar-refractivity contribution in [3.8, 4) is 5.88 Å². The summed E-state index contributed by atoms with van der Waals surface area (Å²) < 4.78 is 5.04. The van der Waals surface area contributed by atoms with Crippen LogP contribution in [0.25, 0.3) is 0 Å². The first-order valence-electron chi connectivity index (χ1n) is 9.70. The predicted molar refractivity (Wildman–Crippen MR) is 107 cm³/mol. The molecule has 1 fully saturated rings. The van der Waals surface area contributed by atoms with Crippen molar-refractivity contribution in [3.05, 3.63) is 59.3 Å². The lowest BCUT2D eigenvalue weighted by atomic mass is 9.89. The minimum Gasteiger partial charge on any atom is -0.481 e. The third kappa shape index (κ3) is 5.31. The van der Waals surface area contributed by atoms with Crippen molar-refractivity contribution >= 4 is 11.8 Å². The monoisotopic (exact) mass is 381 g/mol. The second-order valence-corrected chi connectivity index (χ2v) is 7.31. The molecule has 6 heteroatoms. The van der Waals surface area contributed by atoms with E-state index >= 15 is 0 Å². The van der Waals surface area contributed by atoms with Gasteiger partial charge in [0.1, 0.15) is 0 Å². The number of amides is 2. The Kier molecular flexibility index (Phi) is 6.63. The van der Waals surface area contributed by atoms with E-state index in [0.717, 1.165) is 37.9 Å². The van der Waals surface area contributed by atoms with Crippen LogP contribution in [-0.4, -0.2) is 41.9 Å². The molecular formula is C22H27N3O3. The third-order valence-electron chi connectivity index (χ3n) is 5.30. The van der Waals surface area contributed by atoms with E-state index < -0.39 is 0 Å². The minimum absolute atomic E-state index is 0.0346. The molecule has 1 saturated heterocycles. The molecule has 148 valence electrons. The van der Waals surface area contributed by atoms with Gasteiger partial charge < -0.3 is 15.4 Å². The molecule has 28 heavy (non-hydrogen) atoms. The van der Waals surface area contributed by atoms with Gasteiger partial charge in [-0.15, -0.1) is 0 Å². The van der Waals surface area contributed by atoms with Gasteiger partial charge in [0.15, 0.2) is 0 Å². The maximum Gasteiger partial charge on any atom is 0.255 e. The van der Waals surface area contributed by atoms with Crippen LogP contribution < -0.4 is 10.5 Å². The van der Waals surface area contributed by atoms with Gasteiger partial charge in [-0.3, -0.25) is 9.59 Å². The molecule has 1 aromatic heterocycles. The SMILES string of the molecule is COc1ccc(C(=O)N2CCC(Cc3ccc(CCC(N)=O)cc3)CC2)cn1. The first-order valence-corrected chi connectivity index (χ1v) is 9.70. The highest BCUT2D eigenvalue weighted by Crippen LogP contribution is 2.23. The molecule has 0 saturated carbocycles. The zero-order chi connectivity index (χ0) is 19.9. The number of benzene rings is 1. The second-order valence-electron chi connectivity index (χ2n) is 7.31. The summed E-state index contributed by atoms with van der Waals surface area (Å²) in [6, 6.07) is 11.9. The normalized spacial score (nSPS) is 14.7. The van der Waals surface area contributed by atoms with Crippen LogP contribution in [-0.2, 0) is 17.6 Å². The molecule has 1 aliphatic rings. The van der Waals surface area contributed by atoms with E-state index in [0.29, 0.717) is 30.2 Å². The van der Waals surface area contributed by atoms with Gasteiger partial charge in [-0.1, -0.05) is 24.3 Å². The molecule has 0 bridgehead atoms. The number of ether oxygens (including phenoxy) is 1. The van der Waals surface area contributed by atoms with Crippen LogP contribution in [0.2, 0.25) is 0 Å². The zero-order valence-corrected chi connectivity index (χ0v) is 16.3. The molecule has 6 nitrogen and oxygen atoms in total. The molecular weight excluding hydrogens is 354 g/mol. The van der Waals surface area contributed by atoms with Gasteiger partial charge in [0.2, 0.25) is 11.8 Å². The average Bonchev–Trinajstić information content (AvgIpc) is 2.73. The summed E-state index contributed by atoms with van der Waals surface area (Å²) in [7, 11) is 1.56. The van der Waals surface area contributed by atoms with Crippen LogP contribution in [0.4, 0.5) is 0 Å². The summed E-state index contributed by atoms with van der Waals surface area (Å²) in [5.74, 6) is 0.855. The van der Waals surface area contributed by atoms with Crippen molar-refractivity contribution in [1.82, 2.24) is 9.88 Å². The van der Waals surface area contributed by atoms with E-state index in [2.05, 4.69) is 29.2 Å². The van der Waals surface area contributed by atoms with Gasteiger partial charge in [0, 0.05) is 31.8 Å². The number of primary amides is 1. The van der Waals surface area contributed by atoms with Crippen LogP contribution in [0.5, 0.6) is 5.88 Å². The Bertz CT molecular complexity index is 795. The maximum atomic E-state index is 12.6. The fourth-order valence-electron chi connectivity index (χ4n) is 3.59. The number of aromatic nitrogens is 1. The van der Waals surface area contributed by atoms with Gasteiger partial charge in [0.05, 0.1) is 12.7 Å². The molecule has 2 aromatic rings. The molecule has 0 atom stereocenters. The van der Waals surface area contributed by atoms with Crippen LogP contribution in [0, 0.1) is 5.92 Å². The summed E-state index contributed by atoms with van der Waals surface area (Å²) in [5, 5.41) is 0. The molecule has 0 spiro atoms. The Morgan fingerprint density at radius 2 is 1.79 bits per heavy atom. The summed E-state index contributed by atoms with van der Waals surface area (Å²) in [5.41, 5.74) is 8.24. The van der Waals surface area contributed by atoms with E-state index in [1.165, 1.54) is 5.56 Å². The quantitative estimate of drug-likeness (QED) is 0.799. The van der Waals surface area contributed by atoms with E-state index in [9.17, 15) is 9.59 Å². The first-order chi connectivity index (χ1) is 13.5. The molecule has 2 heterocycles. The number of rotatable bonds is 7. The zero-order valence-electron chi connectivity index (χ0n) is 16.3. The Hall–Kier alpha value is -2.89. The summed E-state index contributed by atoms with van der Waals surface area (Å²) in [6.45, 7) is 1.54. The number of carbonyl (C=O) groups is 2. The topological polar surface area (TPSA) is 85.5 Å². The number of piperidine rings is 1. The number of pyridine rings is 1. The summed E-state index contributed by atoms with van der Waals surface area (Å²) in [6.07, 6.45) is 5.67. The third-order valence-corrected chi connectivity index (χ3v) is 5.30. The lowest BCUT2D eigenvalue weighted by molar-refractivity contribution is -0.117. The van der Waals surface area contributed by atoms with Gasteiger partial charge >= 0.3 is 0 Å². The van der Waals surface area contributed by atoms with Gasteiger partial charge in [0.25, 0.3) is 5.91 Å². The molecule has 1 aliphatic heterocycles. The van der Waals surface area contributed by atoms with Crippen molar-refractivity contribution in [2.45, 2.75) is 32.1 Å². The number of carbonyl (C=O) groups excluding carboxylic acids is 2.